The molecule has 1 aliphatic heterocycles. The SMILES string of the molecule is Cc1c(C(=O)N2CCN(C(c3ccccc3)c3ccccc3)CC2)cc(-c2ccc(F)cc2)n1-c1ccccc1Cl. The monoisotopic (exact) mass is 563 g/mol. The maximum atomic E-state index is 14.0. The van der Waals surface area contributed by atoms with Gasteiger partial charge in [0.1, 0.15) is 5.82 Å². The van der Waals surface area contributed by atoms with Crippen LogP contribution < -0.4 is 0 Å². The van der Waals surface area contributed by atoms with Crippen molar-refractivity contribution in [3.8, 4) is 16.9 Å². The van der Waals surface area contributed by atoms with Crippen molar-refractivity contribution in [1.29, 1.82) is 0 Å². The predicted octanol–water partition coefficient (Wildman–Crippen LogP) is 7.79. The third-order valence-corrected chi connectivity index (χ3v) is 8.23. The summed E-state index contributed by atoms with van der Waals surface area (Å²) in [6, 6.07) is 37.0. The van der Waals surface area contributed by atoms with E-state index in [0.29, 0.717) is 23.7 Å². The zero-order chi connectivity index (χ0) is 28.3. The molecule has 1 amide bonds. The average Bonchev–Trinajstić information content (AvgIpc) is 3.35. The molecule has 0 unspecified atom stereocenters. The van der Waals surface area contributed by atoms with Crippen LogP contribution in [0.4, 0.5) is 4.39 Å². The third kappa shape index (κ3) is 5.43. The van der Waals surface area contributed by atoms with Crippen molar-refractivity contribution in [1.82, 2.24) is 14.4 Å². The second-order valence-corrected chi connectivity index (χ2v) is 10.8. The quantitative estimate of drug-likeness (QED) is 0.211. The van der Waals surface area contributed by atoms with Crippen LogP contribution in [0, 0.1) is 12.7 Å². The average molecular weight is 564 g/mol. The highest BCUT2D eigenvalue weighted by molar-refractivity contribution is 6.32. The maximum Gasteiger partial charge on any atom is 0.255 e. The normalized spacial score (nSPS) is 14.0. The number of piperazine rings is 1. The van der Waals surface area contributed by atoms with Gasteiger partial charge in [-0.2, -0.15) is 0 Å². The van der Waals surface area contributed by atoms with Gasteiger partial charge in [0, 0.05) is 31.9 Å². The first-order chi connectivity index (χ1) is 20.0. The summed E-state index contributed by atoms with van der Waals surface area (Å²) in [5, 5.41) is 0.579. The number of benzene rings is 4. The molecule has 4 nitrogen and oxygen atoms in total. The molecule has 0 spiro atoms. The summed E-state index contributed by atoms with van der Waals surface area (Å²) in [4.78, 5) is 18.4. The Kier molecular flexibility index (Phi) is 7.73. The Hall–Kier alpha value is -4.19. The summed E-state index contributed by atoms with van der Waals surface area (Å²) in [5.41, 5.74) is 6.31. The van der Waals surface area contributed by atoms with E-state index in [1.807, 2.05) is 58.9 Å². The molecule has 206 valence electrons. The van der Waals surface area contributed by atoms with E-state index in [1.54, 1.807) is 12.1 Å². The summed E-state index contributed by atoms with van der Waals surface area (Å²) in [6.07, 6.45) is 0. The third-order valence-electron chi connectivity index (χ3n) is 7.91. The molecule has 0 aliphatic carbocycles. The molecular weight excluding hydrogens is 533 g/mol. The molecule has 0 N–H and O–H groups in total. The van der Waals surface area contributed by atoms with Crippen molar-refractivity contribution in [3.05, 3.63) is 148 Å². The van der Waals surface area contributed by atoms with Crippen molar-refractivity contribution in [3.63, 3.8) is 0 Å². The van der Waals surface area contributed by atoms with Crippen LogP contribution >= 0.6 is 11.6 Å². The Morgan fingerprint density at radius 2 is 1.32 bits per heavy atom. The second kappa shape index (κ2) is 11.7. The lowest BCUT2D eigenvalue weighted by atomic mass is 9.96. The zero-order valence-corrected chi connectivity index (χ0v) is 23.6. The van der Waals surface area contributed by atoms with Gasteiger partial charge in [-0.3, -0.25) is 9.69 Å². The number of nitrogens with zero attached hydrogens (tertiary/aromatic N) is 3. The smallest absolute Gasteiger partial charge is 0.255 e. The fourth-order valence-electron chi connectivity index (χ4n) is 5.84. The van der Waals surface area contributed by atoms with E-state index in [4.69, 9.17) is 11.6 Å². The van der Waals surface area contributed by atoms with Crippen molar-refractivity contribution < 1.29 is 9.18 Å². The lowest BCUT2D eigenvalue weighted by molar-refractivity contribution is 0.0596. The van der Waals surface area contributed by atoms with Crippen LogP contribution in [0.15, 0.2) is 115 Å². The predicted molar refractivity (Wildman–Crippen MR) is 163 cm³/mol. The highest BCUT2D eigenvalue weighted by Crippen LogP contribution is 2.34. The van der Waals surface area contributed by atoms with Gasteiger partial charge in [-0.05, 0) is 66.1 Å². The number of aromatic nitrogens is 1. The van der Waals surface area contributed by atoms with Gasteiger partial charge in [0.2, 0.25) is 0 Å². The molecule has 0 saturated carbocycles. The molecule has 5 aromatic rings. The fraction of sp³-hybridized carbons (Fsp3) is 0.171. The number of amides is 1. The van der Waals surface area contributed by atoms with Crippen molar-refractivity contribution in [2.75, 3.05) is 26.2 Å². The van der Waals surface area contributed by atoms with Crippen molar-refractivity contribution >= 4 is 17.5 Å². The van der Waals surface area contributed by atoms with Crippen LogP contribution in [0.5, 0.6) is 0 Å². The molecule has 0 atom stereocenters. The summed E-state index contributed by atoms with van der Waals surface area (Å²) < 4.78 is 15.8. The summed E-state index contributed by atoms with van der Waals surface area (Å²) >= 11 is 6.62. The first-order valence-electron chi connectivity index (χ1n) is 13.9. The molecule has 2 heterocycles. The number of hydrogen-bond donors (Lipinski definition) is 0. The Bertz CT molecular complexity index is 1600. The van der Waals surface area contributed by atoms with Crippen molar-refractivity contribution in [2.45, 2.75) is 13.0 Å². The summed E-state index contributed by atoms with van der Waals surface area (Å²) in [7, 11) is 0. The van der Waals surface area contributed by atoms with Gasteiger partial charge >= 0.3 is 0 Å². The topological polar surface area (TPSA) is 28.5 Å². The number of halogens is 2. The molecule has 1 aromatic heterocycles. The number of carbonyl (C=O) groups excluding carboxylic acids is 1. The maximum absolute atomic E-state index is 14.0. The van der Waals surface area contributed by atoms with Gasteiger partial charge in [0.25, 0.3) is 5.91 Å². The molecule has 4 aromatic carbocycles. The van der Waals surface area contributed by atoms with Gasteiger partial charge < -0.3 is 9.47 Å². The minimum absolute atomic E-state index is 0.00714. The Balaban J connectivity index is 1.29. The van der Waals surface area contributed by atoms with Crippen LogP contribution in [0.3, 0.4) is 0 Å². The standard InChI is InChI=1S/C35H31ClFN3O/c1-25-30(24-33(26-16-18-29(37)19-17-26)40(25)32-15-9-8-14-31(32)36)35(41)39-22-20-38(21-23-39)34(27-10-4-2-5-11-27)28-12-6-3-7-13-28/h2-19,24,34H,20-23H2,1H3. The molecule has 1 aliphatic rings. The molecule has 41 heavy (non-hydrogen) atoms. The first kappa shape index (κ1) is 27.0. The molecule has 1 saturated heterocycles. The van der Waals surface area contributed by atoms with E-state index in [1.165, 1.54) is 23.3 Å². The summed E-state index contributed by atoms with van der Waals surface area (Å²) in [6.45, 7) is 4.71. The lowest BCUT2D eigenvalue weighted by Crippen LogP contribution is -2.50. The van der Waals surface area contributed by atoms with Crippen LogP contribution in [0.2, 0.25) is 5.02 Å². The minimum atomic E-state index is -0.306. The van der Waals surface area contributed by atoms with Crippen LogP contribution in [0.1, 0.15) is 33.2 Å². The molecular formula is C35H31ClFN3O. The van der Waals surface area contributed by atoms with Gasteiger partial charge in [0.05, 0.1) is 28.0 Å². The van der Waals surface area contributed by atoms with Crippen molar-refractivity contribution in [2.24, 2.45) is 0 Å². The van der Waals surface area contributed by atoms with E-state index in [0.717, 1.165) is 35.7 Å². The van der Waals surface area contributed by atoms with Crippen LogP contribution in [-0.2, 0) is 0 Å². The summed E-state index contributed by atoms with van der Waals surface area (Å²) in [5.74, 6) is -0.313. The van der Waals surface area contributed by atoms with Gasteiger partial charge in [-0.15, -0.1) is 0 Å². The molecule has 1 fully saturated rings. The highest BCUT2D eigenvalue weighted by atomic mass is 35.5. The number of para-hydroxylation sites is 1. The minimum Gasteiger partial charge on any atom is -0.336 e. The first-order valence-corrected chi connectivity index (χ1v) is 14.3. The zero-order valence-electron chi connectivity index (χ0n) is 22.9. The van der Waals surface area contributed by atoms with E-state index in [-0.39, 0.29) is 17.8 Å². The molecule has 6 rings (SSSR count). The molecule has 0 radical (unpaired) electrons. The fourth-order valence-corrected chi connectivity index (χ4v) is 6.06. The van der Waals surface area contributed by atoms with Gasteiger partial charge in [-0.1, -0.05) is 84.4 Å². The Morgan fingerprint density at radius 1 is 0.756 bits per heavy atom. The number of carbonyl (C=O) groups is 1. The molecule has 6 heteroatoms. The highest BCUT2D eigenvalue weighted by Gasteiger charge is 2.30. The Morgan fingerprint density at radius 3 is 1.90 bits per heavy atom. The largest absolute Gasteiger partial charge is 0.336 e. The molecule has 0 bridgehead atoms. The number of hydrogen-bond acceptors (Lipinski definition) is 2. The van der Waals surface area contributed by atoms with E-state index >= 15 is 0 Å². The van der Waals surface area contributed by atoms with E-state index in [9.17, 15) is 9.18 Å². The van der Waals surface area contributed by atoms with E-state index in [2.05, 4.69) is 53.4 Å². The van der Waals surface area contributed by atoms with Crippen LogP contribution in [0.25, 0.3) is 16.9 Å². The van der Waals surface area contributed by atoms with Gasteiger partial charge in [-0.25, -0.2) is 4.39 Å². The lowest BCUT2D eigenvalue weighted by Gasteiger charge is -2.39. The second-order valence-electron chi connectivity index (χ2n) is 10.4. The van der Waals surface area contributed by atoms with Crippen LogP contribution in [-0.4, -0.2) is 46.5 Å². The van der Waals surface area contributed by atoms with E-state index < -0.39 is 0 Å². The number of rotatable bonds is 6. The Labute approximate surface area is 245 Å². The van der Waals surface area contributed by atoms with Gasteiger partial charge in [0.15, 0.2) is 0 Å².